The topological polar surface area (TPSA) is 34.2 Å². The summed E-state index contributed by atoms with van der Waals surface area (Å²) >= 11 is 8.06. The quantitative estimate of drug-likeness (QED) is 0.525. The van der Waals surface area contributed by atoms with Crippen LogP contribution in [-0.4, -0.2) is 67.6 Å². The van der Waals surface area contributed by atoms with Crippen LogP contribution >= 0.6 is 11.6 Å². The second-order valence-electron chi connectivity index (χ2n) is 7.43. The Balaban J connectivity index is 1.50. The van der Waals surface area contributed by atoms with Crippen LogP contribution in [-0.2, 0) is 11.2 Å². The Morgan fingerprint density at radius 1 is 1.06 bits per heavy atom. The molecule has 4 rings (SSSR count). The van der Waals surface area contributed by atoms with Gasteiger partial charge in [0.05, 0.1) is 0 Å². The fourth-order valence-electron chi connectivity index (χ4n) is 3.75. The molecule has 0 bridgehead atoms. The second kappa shape index (κ2) is 9.96. The fourth-order valence-corrected chi connectivity index (χ4v) is 4.89. The van der Waals surface area contributed by atoms with Crippen LogP contribution < -0.4 is 14.4 Å². The summed E-state index contributed by atoms with van der Waals surface area (Å²) in [5, 5.41) is 0.530. The molecule has 0 aliphatic carbocycles. The Kier molecular flexibility index (Phi) is 7.25. The Morgan fingerprint density at radius 2 is 1.78 bits per heavy atom. The number of anilines is 2. The molecule has 2 aromatic carbocycles. The standard InChI is InChI=1S/C22H23AsClF3N2O3/c23-20-6-1-15-13-18(31-12-9-28-7-10-30-11-8-28)14-19(24)21(15)29(20)16-2-4-17(5-3-16)32-22(25,26)27/h2-6,13-14H,1,7-12,23H2. The number of hydrogen-bond acceptors (Lipinski definition) is 5. The van der Waals surface area contributed by atoms with Gasteiger partial charge in [0.2, 0.25) is 0 Å². The number of morpholine rings is 1. The molecular formula is C22H23AsClF3N2O3. The van der Waals surface area contributed by atoms with E-state index in [1.807, 2.05) is 11.0 Å². The molecule has 2 heterocycles. The van der Waals surface area contributed by atoms with Gasteiger partial charge in [0.25, 0.3) is 0 Å². The summed E-state index contributed by atoms with van der Waals surface area (Å²) < 4.78 is 53.7. The van der Waals surface area contributed by atoms with Gasteiger partial charge < -0.3 is 4.74 Å². The van der Waals surface area contributed by atoms with Gasteiger partial charge in [0, 0.05) is 0 Å². The summed E-state index contributed by atoms with van der Waals surface area (Å²) in [7, 11) is 0. The van der Waals surface area contributed by atoms with Crippen LogP contribution in [0.15, 0.2) is 47.0 Å². The number of hydrogen-bond donors (Lipinski definition) is 0. The average molecular weight is 531 g/mol. The Morgan fingerprint density at radius 3 is 2.47 bits per heavy atom. The van der Waals surface area contributed by atoms with Gasteiger partial charge in [-0.2, -0.15) is 0 Å². The van der Waals surface area contributed by atoms with E-state index in [0.29, 0.717) is 29.5 Å². The van der Waals surface area contributed by atoms with Crippen LogP contribution in [0.4, 0.5) is 24.5 Å². The summed E-state index contributed by atoms with van der Waals surface area (Å²) in [6.07, 6.45) is -1.94. The van der Waals surface area contributed by atoms with Crippen LogP contribution in [0.1, 0.15) is 5.56 Å². The van der Waals surface area contributed by atoms with Gasteiger partial charge in [-0.05, 0) is 0 Å². The molecule has 0 N–H and O–H groups in total. The SMILES string of the molecule is FC(F)(F)Oc1ccc(N2C([AsH2])=CCc3cc(OCCN4CCOCC4)cc(Cl)c32)cc1. The van der Waals surface area contributed by atoms with Gasteiger partial charge in [0.1, 0.15) is 0 Å². The van der Waals surface area contributed by atoms with Crippen molar-refractivity contribution >= 4 is 39.8 Å². The third-order valence-corrected chi connectivity index (χ3v) is 6.56. The van der Waals surface area contributed by atoms with Crippen LogP contribution in [0.25, 0.3) is 0 Å². The van der Waals surface area contributed by atoms with Gasteiger partial charge in [-0.15, -0.1) is 0 Å². The van der Waals surface area contributed by atoms with E-state index in [9.17, 15) is 13.2 Å². The Labute approximate surface area is 198 Å². The van der Waals surface area contributed by atoms with Crippen molar-refractivity contribution in [3.8, 4) is 11.5 Å². The van der Waals surface area contributed by atoms with E-state index in [-0.39, 0.29) is 5.75 Å². The van der Waals surface area contributed by atoms with Crippen molar-refractivity contribution in [1.82, 2.24) is 4.90 Å². The predicted octanol–water partition coefficient (Wildman–Crippen LogP) is 4.12. The summed E-state index contributed by atoms with van der Waals surface area (Å²) in [4.78, 5) is 4.25. The Bertz CT molecular complexity index is 980. The number of allylic oxidation sites excluding steroid dienone is 1. The monoisotopic (exact) mass is 530 g/mol. The van der Waals surface area contributed by atoms with Crippen molar-refractivity contribution in [3.63, 3.8) is 0 Å². The van der Waals surface area contributed by atoms with Gasteiger partial charge in [-0.3, -0.25) is 0 Å². The predicted molar refractivity (Wildman–Crippen MR) is 120 cm³/mol. The number of alkyl halides is 3. The van der Waals surface area contributed by atoms with E-state index in [1.165, 1.54) is 29.0 Å². The van der Waals surface area contributed by atoms with Crippen molar-refractivity contribution in [2.24, 2.45) is 0 Å². The zero-order valence-electron chi connectivity index (χ0n) is 17.2. The molecule has 1 fully saturated rings. The Hall–Kier alpha value is -1.86. The number of ether oxygens (including phenoxy) is 3. The zero-order chi connectivity index (χ0) is 22.7. The normalized spacial score (nSPS) is 17.0. The summed E-state index contributed by atoms with van der Waals surface area (Å²) in [6.45, 7) is 4.67. The van der Waals surface area contributed by atoms with Gasteiger partial charge in [0.15, 0.2) is 0 Å². The van der Waals surface area contributed by atoms with Crippen molar-refractivity contribution in [1.29, 1.82) is 0 Å². The number of fused-ring (bicyclic) bond motifs is 1. The number of rotatable bonds is 6. The van der Waals surface area contributed by atoms with Crippen molar-refractivity contribution in [3.05, 3.63) is 57.5 Å². The molecule has 1 atom stereocenters. The fraction of sp³-hybridized carbons (Fsp3) is 0.364. The van der Waals surface area contributed by atoms with Crippen molar-refractivity contribution < 1.29 is 27.4 Å². The maximum absolute atomic E-state index is 12.5. The van der Waals surface area contributed by atoms with Crippen LogP contribution in [0.5, 0.6) is 11.5 Å². The molecule has 2 aliphatic heterocycles. The summed E-state index contributed by atoms with van der Waals surface area (Å²) in [6, 6.07) is 9.55. The molecule has 1 unspecified atom stereocenters. The summed E-state index contributed by atoms with van der Waals surface area (Å²) in [5.41, 5.74) is 2.52. The third-order valence-electron chi connectivity index (χ3n) is 5.24. The molecule has 0 aromatic heterocycles. The first-order valence-corrected chi connectivity index (χ1v) is 11.8. The van der Waals surface area contributed by atoms with E-state index in [2.05, 4.69) is 15.7 Å². The minimum absolute atomic E-state index is 0.263. The second-order valence-corrected chi connectivity index (χ2v) is 9.07. The average Bonchev–Trinajstić information content (AvgIpc) is 2.75. The van der Waals surface area contributed by atoms with Gasteiger partial charge in [-0.25, -0.2) is 0 Å². The maximum atomic E-state index is 12.5. The van der Waals surface area contributed by atoms with Crippen molar-refractivity contribution in [2.45, 2.75) is 12.8 Å². The van der Waals surface area contributed by atoms with Crippen LogP contribution in [0, 0.1) is 0 Å². The molecule has 172 valence electrons. The van der Waals surface area contributed by atoms with E-state index >= 15 is 0 Å². The summed E-state index contributed by atoms with van der Waals surface area (Å²) in [5.74, 6) is 0.440. The molecule has 5 nitrogen and oxygen atoms in total. The first kappa shape index (κ1) is 23.3. The molecule has 0 amide bonds. The molecule has 1 saturated heterocycles. The number of nitrogens with zero attached hydrogens (tertiary/aromatic N) is 2. The number of benzene rings is 2. The minimum atomic E-state index is -4.72. The molecule has 32 heavy (non-hydrogen) atoms. The number of halogens is 4. The third kappa shape index (κ3) is 5.73. The van der Waals surface area contributed by atoms with E-state index in [1.54, 1.807) is 18.2 Å². The van der Waals surface area contributed by atoms with Crippen molar-refractivity contribution in [2.75, 3.05) is 44.4 Å². The van der Waals surface area contributed by atoms with Crippen LogP contribution in [0.3, 0.4) is 0 Å². The van der Waals surface area contributed by atoms with E-state index < -0.39 is 6.36 Å². The first-order chi connectivity index (χ1) is 15.3. The van der Waals surface area contributed by atoms with Crippen LogP contribution in [0.2, 0.25) is 5.02 Å². The molecule has 0 spiro atoms. The van der Waals surface area contributed by atoms with E-state index in [4.69, 9.17) is 21.1 Å². The zero-order valence-corrected chi connectivity index (χ0v) is 20.4. The molecule has 0 radical (unpaired) electrons. The molecule has 2 aliphatic rings. The molecular weight excluding hydrogens is 508 g/mol. The molecule has 0 saturated carbocycles. The van der Waals surface area contributed by atoms with Gasteiger partial charge in [-0.1, -0.05) is 0 Å². The van der Waals surface area contributed by atoms with Gasteiger partial charge >= 0.3 is 194 Å². The molecule has 2 aromatic rings. The van der Waals surface area contributed by atoms with E-state index in [0.717, 1.165) is 48.6 Å². The molecule has 10 heteroatoms. The first-order valence-electron chi connectivity index (χ1n) is 10.2.